The average molecular weight is 448 g/mol. The van der Waals surface area contributed by atoms with Gasteiger partial charge in [0.25, 0.3) is 0 Å². The molecule has 0 amide bonds. The first-order valence-corrected chi connectivity index (χ1v) is 11.3. The van der Waals surface area contributed by atoms with E-state index in [1.807, 2.05) is 35.0 Å². The van der Waals surface area contributed by atoms with Gasteiger partial charge in [-0.15, -0.1) is 0 Å². The molecule has 0 saturated heterocycles. The second-order valence-electron chi connectivity index (χ2n) is 8.93. The molecule has 8 nitrogen and oxygen atoms in total. The largest absolute Gasteiger partial charge is 0.478 e. The molecule has 4 aromatic rings. The van der Waals surface area contributed by atoms with Crippen molar-refractivity contribution in [2.45, 2.75) is 31.4 Å². The number of imidazole rings is 1. The lowest BCUT2D eigenvalue weighted by molar-refractivity contribution is 0.00653. The number of fused-ring (bicyclic) bond motifs is 3. The average Bonchev–Trinajstić information content (AvgIpc) is 3.12. The van der Waals surface area contributed by atoms with Crippen LogP contribution in [-0.2, 0) is 4.74 Å². The van der Waals surface area contributed by atoms with E-state index in [-0.39, 0.29) is 17.8 Å². The normalized spacial score (nSPS) is 18.2. The molecule has 5 rings (SSSR count). The lowest BCUT2D eigenvalue weighted by Gasteiger charge is -2.34. The molecular weight excluding hydrogens is 418 g/mol. The van der Waals surface area contributed by atoms with Gasteiger partial charge < -0.3 is 19.4 Å². The summed E-state index contributed by atoms with van der Waals surface area (Å²) in [7, 11) is 5.82. The molecule has 0 bridgehead atoms. The van der Waals surface area contributed by atoms with Crippen molar-refractivity contribution in [3.8, 4) is 17.0 Å². The molecule has 0 unspecified atom stereocenters. The lowest BCUT2D eigenvalue weighted by atomic mass is 9.89. The summed E-state index contributed by atoms with van der Waals surface area (Å²) in [6.45, 7) is 1.62. The van der Waals surface area contributed by atoms with Crippen LogP contribution in [0.4, 0.5) is 0 Å². The molecule has 3 heterocycles. The van der Waals surface area contributed by atoms with E-state index in [4.69, 9.17) is 9.47 Å². The number of rotatable bonds is 8. The van der Waals surface area contributed by atoms with E-state index in [1.54, 1.807) is 13.3 Å². The van der Waals surface area contributed by atoms with Crippen LogP contribution in [0, 0.1) is 0 Å². The van der Waals surface area contributed by atoms with Crippen molar-refractivity contribution < 1.29 is 9.47 Å². The van der Waals surface area contributed by atoms with Crippen LogP contribution in [0.1, 0.15) is 25.3 Å². The van der Waals surface area contributed by atoms with E-state index in [2.05, 4.69) is 40.0 Å². The summed E-state index contributed by atoms with van der Waals surface area (Å²) in [5.74, 6) is 0.625. The first-order valence-electron chi connectivity index (χ1n) is 11.3. The number of nitrogens with zero attached hydrogens (tertiary/aromatic N) is 4. The summed E-state index contributed by atoms with van der Waals surface area (Å²) in [5, 5.41) is 0.952. The smallest absolute Gasteiger partial charge is 0.326 e. The Morgan fingerprint density at radius 1 is 1.12 bits per heavy atom. The summed E-state index contributed by atoms with van der Waals surface area (Å²) in [6, 6.07) is 10.2. The Morgan fingerprint density at radius 2 is 1.94 bits per heavy atom. The van der Waals surface area contributed by atoms with Crippen molar-refractivity contribution in [3.05, 3.63) is 53.2 Å². The van der Waals surface area contributed by atoms with Crippen LogP contribution < -0.4 is 10.4 Å². The quantitative estimate of drug-likeness (QED) is 0.415. The number of aromatic amines is 1. The number of hydrogen-bond donors (Lipinski definition) is 1. The third-order valence-corrected chi connectivity index (χ3v) is 6.38. The Hall–Kier alpha value is -3.23. The third kappa shape index (κ3) is 4.24. The Morgan fingerprint density at radius 3 is 2.67 bits per heavy atom. The topological polar surface area (TPSA) is 85.3 Å². The van der Waals surface area contributed by atoms with Crippen LogP contribution in [0.25, 0.3) is 33.1 Å². The Balaban J connectivity index is 1.45. The summed E-state index contributed by atoms with van der Waals surface area (Å²) >= 11 is 0. The molecule has 0 aliphatic heterocycles. The highest BCUT2D eigenvalue weighted by molar-refractivity contribution is 6.03. The van der Waals surface area contributed by atoms with Crippen molar-refractivity contribution in [1.82, 2.24) is 24.4 Å². The predicted molar refractivity (Wildman–Crippen MR) is 129 cm³/mol. The third-order valence-electron chi connectivity index (χ3n) is 6.38. The number of hydrogen-bond acceptors (Lipinski definition) is 6. The number of benzene rings is 1. The summed E-state index contributed by atoms with van der Waals surface area (Å²) in [6.07, 6.45) is 6.42. The van der Waals surface area contributed by atoms with Crippen LogP contribution in [-0.4, -0.2) is 64.9 Å². The van der Waals surface area contributed by atoms with E-state index in [1.165, 1.54) is 0 Å². The van der Waals surface area contributed by atoms with Crippen LogP contribution in [0.2, 0.25) is 0 Å². The van der Waals surface area contributed by atoms with E-state index < -0.39 is 0 Å². The van der Waals surface area contributed by atoms with E-state index in [9.17, 15) is 4.79 Å². The lowest BCUT2D eigenvalue weighted by Crippen LogP contribution is -2.36. The van der Waals surface area contributed by atoms with E-state index >= 15 is 0 Å². The molecule has 1 aromatic carbocycles. The maximum atomic E-state index is 12.8. The van der Waals surface area contributed by atoms with Gasteiger partial charge in [0.1, 0.15) is 0 Å². The van der Waals surface area contributed by atoms with Gasteiger partial charge in [-0.2, -0.15) is 0 Å². The fourth-order valence-corrected chi connectivity index (χ4v) is 4.47. The molecule has 3 aromatic heterocycles. The first-order chi connectivity index (χ1) is 16.0. The molecule has 1 saturated carbocycles. The van der Waals surface area contributed by atoms with Gasteiger partial charge in [-0.05, 0) is 57.1 Å². The van der Waals surface area contributed by atoms with Crippen molar-refractivity contribution in [2.75, 3.05) is 34.4 Å². The molecule has 1 aliphatic rings. The van der Waals surface area contributed by atoms with Gasteiger partial charge in [0, 0.05) is 42.9 Å². The van der Waals surface area contributed by atoms with Gasteiger partial charge in [0.05, 0.1) is 35.5 Å². The molecule has 0 radical (unpaired) electrons. The van der Waals surface area contributed by atoms with Gasteiger partial charge in [0.15, 0.2) is 0 Å². The Bertz CT molecular complexity index is 1320. The van der Waals surface area contributed by atoms with Crippen LogP contribution in [0.5, 0.6) is 5.88 Å². The van der Waals surface area contributed by atoms with Gasteiger partial charge in [0.2, 0.25) is 5.88 Å². The molecule has 1 fully saturated rings. The highest BCUT2D eigenvalue weighted by Gasteiger charge is 2.33. The first kappa shape index (κ1) is 21.6. The fourth-order valence-electron chi connectivity index (χ4n) is 4.47. The van der Waals surface area contributed by atoms with Crippen molar-refractivity contribution in [3.63, 3.8) is 0 Å². The Labute approximate surface area is 192 Å². The molecule has 0 spiro atoms. The minimum atomic E-state index is -0.0957. The molecule has 172 valence electrons. The number of ether oxygens (including phenoxy) is 2. The fraction of sp³-hybridized carbons (Fsp3) is 0.400. The minimum absolute atomic E-state index is 0.0957. The van der Waals surface area contributed by atoms with Crippen LogP contribution in [0.3, 0.4) is 0 Å². The Kier molecular flexibility index (Phi) is 5.86. The van der Waals surface area contributed by atoms with E-state index in [0.717, 1.165) is 58.9 Å². The van der Waals surface area contributed by atoms with Crippen LogP contribution >= 0.6 is 0 Å². The number of nitrogens with one attached hydrogen (secondary N) is 1. The monoisotopic (exact) mass is 447 g/mol. The summed E-state index contributed by atoms with van der Waals surface area (Å²) in [4.78, 5) is 26.9. The summed E-state index contributed by atoms with van der Waals surface area (Å²) < 4.78 is 13.1. The molecule has 0 atom stereocenters. The van der Waals surface area contributed by atoms with Gasteiger partial charge in [-0.3, -0.25) is 9.55 Å². The summed E-state index contributed by atoms with van der Waals surface area (Å²) in [5.41, 5.74) is 4.43. The number of H-pyrrole nitrogens is 1. The molecular formula is C25H29N5O3. The molecule has 33 heavy (non-hydrogen) atoms. The van der Waals surface area contributed by atoms with Gasteiger partial charge >= 0.3 is 5.69 Å². The zero-order chi connectivity index (χ0) is 22.9. The zero-order valence-corrected chi connectivity index (χ0v) is 19.2. The molecule has 1 aliphatic carbocycles. The van der Waals surface area contributed by atoms with Crippen LogP contribution in [0.15, 0.2) is 47.5 Å². The van der Waals surface area contributed by atoms with Crippen molar-refractivity contribution in [1.29, 1.82) is 0 Å². The number of methoxy groups -OCH3 is 1. The second-order valence-corrected chi connectivity index (χ2v) is 8.93. The standard InChI is InChI=1S/C25H29N5O3/c1-29(2)9-4-10-33-23-8-6-17(14-27-23)16-5-7-21-20(11-16)24-22(15-26-21)28-25(31)30(24)18-12-19(13-18)32-3/h5-8,11,14-15,18-19H,4,9-10,12-13H2,1-3H3,(H,28,31). The van der Waals surface area contributed by atoms with Gasteiger partial charge in [-0.25, -0.2) is 9.78 Å². The van der Waals surface area contributed by atoms with Crippen molar-refractivity contribution in [2.24, 2.45) is 0 Å². The SMILES string of the molecule is COC1CC(n2c(=O)[nH]c3cnc4ccc(-c5ccc(OCCCN(C)C)nc5)cc4c32)C1. The van der Waals surface area contributed by atoms with Gasteiger partial charge in [-0.1, -0.05) is 6.07 Å². The number of aromatic nitrogens is 4. The number of pyridine rings is 2. The maximum absolute atomic E-state index is 12.8. The second kappa shape index (κ2) is 8.96. The molecule has 1 N–H and O–H groups in total. The molecule has 8 heteroatoms. The highest BCUT2D eigenvalue weighted by Crippen LogP contribution is 2.37. The minimum Gasteiger partial charge on any atom is -0.478 e. The van der Waals surface area contributed by atoms with Crippen molar-refractivity contribution >= 4 is 21.9 Å². The maximum Gasteiger partial charge on any atom is 0.326 e. The highest BCUT2D eigenvalue weighted by atomic mass is 16.5. The zero-order valence-electron chi connectivity index (χ0n) is 19.2. The van der Waals surface area contributed by atoms with E-state index in [0.29, 0.717) is 12.5 Å². The predicted octanol–water partition coefficient (Wildman–Crippen LogP) is 3.62.